The van der Waals surface area contributed by atoms with Gasteiger partial charge in [-0.15, -0.1) is 11.3 Å². The Kier molecular flexibility index (Phi) is 3.75. The van der Waals surface area contributed by atoms with Crippen LogP contribution in [0.4, 0.5) is 4.39 Å². The van der Waals surface area contributed by atoms with E-state index in [9.17, 15) is 9.18 Å². The lowest BCUT2D eigenvalue weighted by molar-refractivity contribution is 0.0957. The van der Waals surface area contributed by atoms with Crippen LogP contribution in [-0.2, 0) is 6.54 Å². The summed E-state index contributed by atoms with van der Waals surface area (Å²) in [6, 6.07) is 4.77. The normalized spacial score (nSPS) is 11.0. The van der Waals surface area contributed by atoms with Crippen molar-refractivity contribution in [1.82, 2.24) is 15.2 Å². The molecule has 2 heterocycles. The van der Waals surface area contributed by atoms with E-state index in [-0.39, 0.29) is 12.4 Å². The zero-order valence-corrected chi connectivity index (χ0v) is 13.0. The molecule has 8 heteroatoms. The molecule has 0 saturated carbocycles. The fourth-order valence-electron chi connectivity index (χ4n) is 2.15. The van der Waals surface area contributed by atoms with Gasteiger partial charge in [-0.3, -0.25) is 14.9 Å². The molecular formula is C13H10BrFN4OS. The minimum Gasteiger partial charge on any atom is -0.289 e. The summed E-state index contributed by atoms with van der Waals surface area (Å²) in [5.41, 5.74) is 2.68. The molecule has 3 N–H and O–H groups in total. The molecule has 0 unspecified atom stereocenters. The first-order chi connectivity index (χ1) is 10.1. The fraction of sp³-hybridized carbons (Fsp3) is 0.0769. The average molecular weight is 369 g/mol. The molecule has 1 amide bonds. The van der Waals surface area contributed by atoms with Crippen LogP contribution in [0.1, 0.15) is 15.2 Å². The van der Waals surface area contributed by atoms with Gasteiger partial charge >= 0.3 is 0 Å². The molecule has 0 spiro atoms. The second kappa shape index (κ2) is 5.55. The standard InChI is InChI=1S/C13H10BrFN4OS/c14-7-4-17-19(5-7)6-8-11-9(15)2-1-3-10(11)21-12(8)13(20)18-16/h1-5H,6,16H2,(H,18,20). The Labute approximate surface area is 131 Å². The molecule has 0 bridgehead atoms. The van der Waals surface area contributed by atoms with Crippen LogP contribution in [0.5, 0.6) is 0 Å². The topological polar surface area (TPSA) is 72.9 Å². The second-order valence-corrected chi connectivity index (χ2v) is 6.32. The van der Waals surface area contributed by atoms with Crippen molar-refractivity contribution in [3.05, 3.63) is 51.3 Å². The summed E-state index contributed by atoms with van der Waals surface area (Å²) < 4.78 is 17.3. The molecule has 21 heavy (non-hydrogen) atoms. The van der Waals surface area contributed by atoms with Crippen molar-refractivity contribution in [3.8, 4) is 0 Å². The van der Waals surface area contributed by atoms with E-state index in [1.165, 1.54) is 17.4 Å². The summed E-state index contributed by atoms with van der Waals surface area (Å²) in [5, 5.41) is 4.58. The van der Waals surface area contributed by atoms with Gasteiger partial charge < -0.3 is 0 Å². The number of fused-ring (bicyclic) bond motifs is 1. The number of thiophene rings is 1. The number of carbonyl (C=O) groups is 1. The molecule has 0 saturated heterocycles. The second-order valence-electron chi connectivity index (χ2n) is 4.35. The largest absolute Gasteiger partial charge is 0.289 e. The number of aromatic nitrogens is 2. The number of benzene rings is 1. The number of nitrogen functional groups attached to an aromatic ring is 1. The van der Waals surface area contributed by atoms with Gasteiger partial charge in [-0.2, -0.15) is 5.10 Å². The maximum absolute atomic E-state index is 14.1. The van der Waals surface area contributed by atoms with E-state index < -0.39 is 5.91 Å². The number of halogens is 2. The van der Waals surface area contributed by atoms with Crippen LogP contribution in [0.2, 0.25) is 0 Å². The zero-order valence-electron chi connectivity index (χ0n) is 10.6. The number of nitrogens with zero attached hydrogens (tertiary/aromatic N) is 2. The Hall–Kier alpha value is -1.77. The Morgan fingerprint density at radius 3 is 3.00 bits per heavy atom. The van der Waals surface area contributed by atoms with Crippen molar-refractivity contribution in [3.63, 3.8) is 0 Å². The van der Waals surface area contributed by atoms with Crippen LogP contribution in [0.15, 0.2) is 35.1 Å². The lowest BCUT2D eigenvalue weighted by Crippen LogP contribution is -2.30. The third-order valence-electron chi connectivity index (χ3n) is 3.02. The van der Waals surface area contributed by atoms with Crippen LogP contribution in [0, 0.1) is 5.82 Å². The first-order valence-electron chi connectivity index (χ1n) is 5.99. The van der Waals surface area contributed by atoms with Crippen LogP contribution < -0.4 is 11.3 Å². The van der Waals surface area contributed by atoms with E-state index in [0.29, 0.717) is 20.5 Å². The molecule has 0 fully saturated rings. The highest BCUT2D eigenvalue weighted by Crippen LogP contribution is 2.33. The number of carbonyl (C=O) groups excluding carboxylic acids is 1. The summed E-state index contributed by atoms with van der Waals surface area (Å²) >= 11 is 4.52. The number of amides is 1. The van der Waals surface area contributed by atoms with E-state index in [0.717, 1.165) is 4.47 Å². The van der Waals surface area contributed by atoms with Gasteiger partial charge in [0.25, 0.3) is 5.91 Å². The predicted octanol–water partition coefficient (Wildman–Crippen LogP) is 2.65. The van der Waals surface area contributed by atoms with E-state index >= 15 is 0 Å². The lowest BCUT2D eigenvalue weighted by atomic mass is 10.1. The highest BCUT2D eigenvalue weighted by atomic mass is 79.9. The molecule has 108 valence electrons. The average Bonchev–Trinajstić information content (AvgIpc) is 3.03. The monoisotopic (exact) mass is 368 g/mol. The predicted molar refractivity (Wildman–Crippen MR) is 82.5 cm³/mol. The van der Waals surface area contributed by atoms with Gasteiger partial charge in [0, 0.05) is 21.8 Å². The minimum absolute atomic E-state index is 0.287. The Balaban J connectivity index is 2.19. The molecular weight excluding hydrogens is 359 g/mol. The smallest absolute Gasteiger partial charge is 0.275 e. The SMILES string of the molecule is NNC(=O)c1sc2cccc(F)c2c1Cn1cc(Br)cn1. The molecule has 3 aromatic rings. The first-order valence-corrected chi connectivity index (χ1v) is 7.60. The van der Waals surface area contributed by atoms with Crippen LogP contribution >= 0.6 is 27.3 Å². The van der Waals surface area contributed by atoms with E-state index in [1.807, 2.05) is 0 Å². The number of nitrogens with two attached hydrogens (primary N) is 1. The van der Waals surface area contributed by atoms with Crippen molar-refractivity contribution in [2.45, 2.75) is 6.54 Å². The van der Waals surface area contributed by atoms with Crippen molar-refractivity contribution < 1.29 is 9.18 Å². The van der Waals surface area contributed by atoms with Crippen molar-refractivity contribution >= 4 is 43.3 Å². The van der Waals surface area contributed by atoms with Gasteiger partial charge in [-0.25, -0.2) is 10.2 Å². The van der Waals surface area contributed by atoms with E-state index in [1.54, 1.807) is 29.2 Å². The quantitative estimate of drug-likeness (QED) is 0.424. The Morgan fingerprint density at radius 2 is 2.33 bits per heavy atom. The Morgan fingerprint density at radius 1 is 1.52 bits per heavy atom. The molecule has 3 rings (SSSR count). The number of hydrazine groups is 1. The Bertz CT molecular complexity index is 829. The maximum Gasteiger partial charge on any atom is 0.275 e. The van der Waals surface area contributed by atoms with Gasteiger partial charge in [-0.1, -0.05) is 6.07 Å². The van der Waals surface area contributed by atoms with Crippen molar-refractivity contribution in [2.24, 2.45) is 5.84 Å². The van der Waals surface area contributed by atoms with Crippen LogP contribution in [-0.4, -0.2) is 15.7 Å². The molecule has 0 aliphatic carbocycles. The van der Waals surface area contributed by atoms with Gasteiger partial charge in [0.05, 0.1) is 22.1 Å². The van der Waals surface area contributed by atoms with Crippen molar-refractivity contribution in [1.29, 1.82) is 0 Å². The van der Waals surface area contributed by atoms with E-state index in [4.69, 9.17) is 5.84 Å². The van der Waals surface area contributed by atoms with E-state index in [2.05, 4.69) is 26.5 Å². The number of hydrogen-bond acceptors (Lipinski definition) is 4. The maximum atomic E-state index is 14.1. The molecule has 0 aliphatic heterocycles. The summed E-state index contributed by atoms with van der Waals surface area (Å²) in [6.07, 6.45) is 3.39. The van der Waals surface area contributed by atoms with Gasteiger partial charge in [0.15, 0.2) is 0 Å². The third kappa shape index (κ3) is 2.57. The highest BCUT2D eigenvalue weighted by molar-refractivity contribution is 9.10. The van der Waals surface area contributed by atoms with Gasteiger partial charge in [-0.05, 0) is 28.1 Å². The highest BCUT2D eigenvalue weighted by Gasteiger charge is 2.20. The van der Waals surface area contributed by atoms with Crippen LogP contribution in [0.3, 0.4) is 0 Å². The number of hydrogen-bond donors (Lipinski definition) is 2. The molecule has 2 aromatic heterocycles. The lowest BCUT2D eigenvalue weighted by Gasteiger charge is -2.05. The van der Waals surface area contributed by atoms with Gasteiger partial charge in [0.1, 0.15) is 5.82 Å². The summed E-state index contributed by atoms with van der Waals surface area (Å²) in [5.74, 6) is 4.42. The number of nitrogens with one attached hydrogen (secondary N) is 1. The molecule has 0 atom stereocenters. The van der Waals surface area contributed by atoms with Gasteiger partial charge in [0.2, 0.25) is 0 Å². The molecule has 0 aliphatic rings. The minimum atomic E-state index is -0.433. The zero-order chi connectivity index (χ0) is 15.0. The molecule has 5 nitrogen and oxygen atoms in total. The van der Waals surface area contributed by atoms with Crippen molar-refractivity contribution in [2.75, 3.05) is 0 Å². The summed E-state index contributed by atoms with van der Waals surface area (Å²) in [6.45, 7) is 0.287. The fourth-order valence-corrected chi connectivity index (χ4v) is 3.61. The summed E-state index contributed by atoms with van der Waals surface area (Å²) in [7, 11) is 0. The third-order valence-corrected chi connectivity index (χ3v) is 4.63. The summed E-state index contributed by atoms with van der Waals surface area (Å²) in [4.78, 5) is 12.3. The molecule has 1 aromatic carbocycles. The first kappa shape index (κ1) is 14.2. The number of rotatable bonds is 3. The van der Waals surface area contributed by atoms with Crippen LogP contribution in [0.25, 0.3) is 10.1 Å². The molecule has 0 radical (unpaired) electrons.